The first-order valence-electron chi connectivity index (χ1n) is 8.13. The molecule has 0 radical (unpaired) electrons. The molecule has 9 heteroatoms. The van der Waals surface area contributed by atoms with Gasteiger partial charge in [0.2, 0.25) is 5.91 Å². The van der Waals surface area contributed by atoms with Crippen LogP contribution in [0.25, 0.3) is 0 Å². The Hall–Kier alpha value is -2.81. The Balaban J connectivity index is 1.55. The monoisotopic (exact) mass is 342 g/mol. The standard InChI is InChI=1S/C16H18N6O3/c17-13(23)12-9-22-8-5-19-15(22)16(25-12)2-6-21(7-3-16)14(24)11-1-4-18-10-20-11/h1,4-5,8,10,12H,2-3,6-7,9H2,(H2,17,23). The van der Waals surface area contributed by atoms with E-state index < -0.39 is 17.6 Å². The summed E-state index contributed by atoms with van der Waals surface area (Å²) in [5, 5.41) is 0. The van der Waals surface area contributed by atoms with Crippen molar-refractivity contribution in [2.24, 2.45) is 5.73 Å². The Morgan fingerprint density at radius 3 is 2.72 bits per heavy atom. The van der Waals surface area contributed by atoms with Crippen LogP contribution in [0.15, 0.2) is 31.0 Å². The summed E-state index contributed by atoms with van der Waals surface area (Å²) in [7, 11) is 0. The number of likely N-dealkylation sites (tertiary alicyclic amines) is 1. The summed E-state index contributed by atoms with van der Waals surface area (Å²) < 4.78 is 7.99. The molecule has 4 heterocycles. The van der Waals surface area contributed by atoms with Gasteiger partial charge < -0.3 is 19.9 Å². The summed E-state index contributed by atoms with van der Waals surface area (Å²) in [6.07, 6.45) is 6.83. The number of carbonyl (C=O) groups excluding carboxylic acids is 2. The number of imidazole rings is 1. The zero-order valence-electron chi connectivity index (χ0n) is 13.5. The molecule has 0 bridgehead atoms. The highest BCUT2D eigenvalue weighted by Crippen LogP contribution is 2.40. The molecule has 2 aromatic rings. The molecule has 1 saturated heterocycles. The number of rotatable bonds is 2. The second-order valence-corrected chi connectivity index (χ2v) is 6.29. The van der Waals surface area contributed by atoms with Crippen LogP contribution in [0.5, 0.6) is 0 Å². The number of nitrogens with zero attached hydrogens (tertiary/aromatic N) is 5. The summed E-state index contributed by atoms with van der Waals surface area (Å²) in [5.74, 6) is 0.167. The Morgan fingerprint density at radius 1 is 1.24 bits per heavy atom. The normalized spacial score (nSPS) is 21.8. The van der Waals surface area contributed by atoms with E-state index in [4.69, 9.17) is 10.5 Å². The average Bonchev–Trinajstić information content (AvgIpc) is 3.12. The van der Waals surface area contributed by atoms with Gasteiger partial charge in [0, 0.05) is 44.5 Å². The SMILES string of the molecule is NC(=O)C1Cn2ccnc2C2(CCN(C(=O)c3ccncn3)CC2)O1. The summed E-state index contributed by atoms with van der Waals surface area (Å²) in [4.78, 5) is 38.2. The molecule has 9 nitrogen and oxygen atoms in total. The fourth-order valence-corrected chi connectivity index (χ4v) is 3.54. The van der Waals surface area contributed by atoms with E-state index >= 15 is 0 Å². The molecule has 2 aliphatic rings. The molecule has 4 rings (SSSR count). The van der Waals surface area contributed by atoms with Gasteiger partial charge in [0.15, 0.2) is 6.10 Å². The quantitative estimate of drug-likeness (QED) is 0.800. The lowest BCUT2D eigenvalue weighted by Crippen LogP contribution is -2.54. The molecule has 1 atom stereocenters. The van der Waals surface area contributed by atoms with Gasteiger partial charge in [-0.15, -0.1) is 0 Å². The number of fused-ring (bicyclic) bond motifs is 2. The van der Waals surface area contributed by atoms with Crippen molar-refractivity contribution in [1.82, 2.24) is 24.4 Å². The van der Waals surface area contributed by atoms with E-state index in [9.17, 15) is 9.59 Å². The molecule has 25 heavy (non-hydrogen) atoms. The minimum atomic E-state index is -0.691. The number of nitrogens with two attached hydrogens (primary N) is 1. The molecule has 2 aliphatic heterocycles. The van der Waals surface area contributed by atoms with Crippen LogP contribution in [0, 0.1) is 0 Å². The van der Waals surface area contributed by atoms with Crippen LogP contribution in [0.4, 0.5) is 0 Å². The lowest BCUT2D eigenvalue weighted by atomic mass is 9.88. The van der Waals surface area contributed by atoms with Crippen molar-refractivity contribution in [3.63, 3.8) is 0 Å². The van der Waals surface area contributed by atoms with Crippen LogP contribution >= 0.6 is 0 Å². The van der Waals surface area contributed by atoms with E-state index in [1.807, 2.05) is 10.8 Å². The highest BCUT2D eigenvalue weighted by Gasteiger charge is 2.47. The molecule has 1 unspecified atom stereocenters. The summed E-state index contributed by atoms with van der Waals surface area (Å²) >= 11 is 0. The van der Waals surface area contributed by atoms with Crippen LogP contribution in [0.2, 0.25) is 0 Å². The van der Waals surface area contributed by atoms with Crippen molar-refractivity contribution < 1.29 is 14.3 Å². The number of amides is 2. The Bertz CT molecular complexity index is 797. The van der Waals surface area contributed by atoms with E-state index in [1.165, 1.54) is 6.33 Å². The third-order valence-electron chi connectivity index (χ3n) is 4.83. The average molecular weight is 342 g/mol. The van der Waals surface area contributed by atoms with Gasteiger partial charge in [0.05, 0.1) is 6.54 Å². The maximum absolute atomic E-state index is 12.5. The van der Waals surface area contributed by atoms with Gasteiger partial charge in [-0.2, -0.15) is 0 Å². The number of aromatic nitrogens is 4. The van der Waals surface area contributed by atoms with Crippen molar-refractivity contribution in [2.75, 3.05) is 13.1 Å². The van der Waals surface area contributed by atoms with Crippen LogP contribution < -0.4 is 5.73 Å². The number of carbonyl (C=O) groups is 2. The van der Waals surface area contributed by atoms with Gasteiger partial charge in [-0.25, -0.2) is 15.0 Å². The molecule has 1 spiro atoms. The first-order chi connectivity index (χ1) is 12.1. The molecule has 0 aliphatic carbocycles. The highest BCUT2D eigenvalue weighted by molar-refractivity contribution is 5.92. The maximum Gasteiger partial charge on any atom is 0.272 e. The van der Waals surface area contributed by atoms with Crippen LogP contribution in [-0.2, 0) is 21.7 Å². The molecule has 2 aromatic heterocycles. The minimum Gasteiger partial charge on any atom is -0.367 e. The van der Waals surface area contributed by atoms with E-state index in [1.54, 1.807) is 23.4 Å². The predicted octanol–water partition coefficient (Wildman–Crippen LogP) is -0.311. The van der Waals surface area contributed by atoms with E-state index in [-0.39, 0.29) is 5.91 Å². The molecule has 0 aromatic carbocycles. The minimum absolute atomic E-state index is 0.136. The van der Waals surface area contributed by atoms with Crippen molar-refractivity contribution in [1.29, 1.82) is 0 Å². The molecule has 2 amide bonds. The fraction of sp³-hybridized carbons (Fsp3) is 0.438. The summed E-state index contributed by atoms with van der Waals surface area (Å²) in [6.45, 7) is 1.35. The first-order valence-corrected chi connectivity index (χ1v) is 8.13. The second kappa shape index (κ2) is 5.92. The number of hydrogen-bond donors (Lipinski definition) is 1. The molecule has 2 N–H and O–H groups in total. The molecule has 0 saturated carbocycles. The molecular formula is C16H18N6O3. The fourth-order valence-electron chi connectivity index (χ4n) is 3.54. The number of primary amides is 1. The molecular weight excluding hydrogens is 324 g/mol. The van der Waals surface area contributed by atoms with Gasteiger partial charge in [0.1, 0.15) is 23.4 Å². The summed E-state index contributed by atoms with van der Waals surface area (Å²) in [5.41, 5.74) is 5.14. The Morgan fingerprint density at radius 2 is 2.04 bits per heavy atom. The zero-order valence-corrected chi connectivity index (χ0v) is 13.5. The largest absolute Gasteiger partial charge is 0.367 e. The third-order valence-corrected chi connectivity index (χ3v) is 4.83. The van der Waals surface area contributed by atoms with Crippen molar-refractivity contribution >= 4 is 11.8 Å². The highest BCUT2D eigenvalue weighted by atomic mass is 16.5. The lowest BCUT2D eigenvalue weighted by molar-refractivity contribution is -0.169. The lowest BCUT2D eigenvalue weighted by Gasteiger charge is -2.45. The van der Waals surface area contributed by atoms with Gasteiger partial charge in [-0.1, -0.05) is 0 Å². The third kappa shape index (κ3) is 2.66. The van der Waals surface area contributed by atoms with Gasteiger partial charge in [0.25, 0.3) is 5.91 Å². The van der Waals surface area contributed by atoms with Crippen LogP contribution in [-0.4, -0.2) is 55.4 Å². The Labute approximate surface area is 143 Å². The van der Waals surface area contributed by atoms with Crippen molar-refractivity contribution in [2.45, 2.75) is 31.1 Å². The van der Waals surface area contributed by atoms with Gasteiger partial charge in [-0.3, -0.25) is 9.59 Å². The van der Waals surface area contributed by atoms with E-state index in [0.29, 0.717) is 38.2 Å². The number of piperidine rings is 1. The molecule has 1 fully saturated rings. The van der Waals surface area contributed by atoms with Crippen molar-refractivity contribution in [3.8, 4) is 0 Å². The maximum atomic E-state index is 12.5. The van der Waals surface area contributed by atoms with Crippen LogP contribution in [0.1, 0.15) is 29.2 Å². The van der Waals surface area contributed by atoms with Gasteiger partial charge >= 0.3 is 0 Å². The first kappa shape index (κ1) is 15.7. The van der Waals surface area contributed by atoms with E-state index in [0.717, 1.165) is 5.82 Å². The second-order valence-electron chi connectivity index (χ2n) is 6.29. The Kier molecular flexibility index (Phi) is 3.72. The van der Waals surface area contributed by atoms with Crippen molar-refractivity contribution in [3.05, 3.63) is 42.5 Å². The summed E-state index contributed by atoms with van der Waals surface area (Å²) in [6, 6.07) is 1.60. The predicted molar refractivity (Wildman–Crippen MR) is 85.1 cm³/mol. The molecule has 130 valence electrons. The smallest absolute Gasteiger partial charge is 0.272 e. The number of ether oxygens (including phenoxy) is 1. The zero-order chi connectivity index (χ0) is 17.4. The topological polar surface area (TPSA) is 116 Å². The van der Waals surface area contributed by atoms with Gasteiger partial charge in [-0.05, 0) is 6.07 Å². The van der Waals surface area contributed by atoms with E-state index in [2.05, 4.69) is 15.0 Å². The number of hydrogen-bond acceptors (Lipinski definition) is 6. The van der Waals surface area contributed by atoms with Crippen LogP contribution in [0.3, 0.4) is 0 Å².